The first-order chi connectivity index (χ1) is 13.7. The van der Waals surface area contributed by atoms with Crippen molar-refractivity contribution in [2.24, 2.45) is 0 Å². The van der Waals surface area contributed by atoms with Crippen LogP contribution in [0.5, 0.6) is 11.5 Å². The molecular weight excluding hydrogens is 374 g/mol. The highest BCUT2D eigenvalue weighted by atomic mass is 32.2. The van der Waals surface area contributed by atoms with Gasteiger partial charge in [-0.2, -0.15) is 0 Å². The molecular formula is C21H21N3O3S. The highest BCUT2D eigenvalue weighted by molar-refractivity contribution is 7.99. The number of methoxy groups -OCH3 is 2. The van der Waals surface area contributed by atoms with Gasteiger partial charge in [0.15, 0.2) is 16.8 Å². The number of nitrogens with zero attached hydrogens (tertiary/aromatic N) is 3. The summed E-state index contributed by atoms with van der Waals surface area (Å²) < 4.78 is 12.6. The van der Waals surface area contributed by atoms with Gasteiger partial charge in [0.2, 0.25) is 0 Å². The van der Waals surface area contributed by atoms with Crippen LogP contribution < -0.4 is 9.47 Å². The van der Waals surface area contributed by atoms with E-state index < -0.39 is 0 Å². The summed E-state index contributed by atoms with van der Waals surface area (Å²) in [6.07, 6.45) is 1.77. The fraction of sp³-hybridized carbons (Fsp3) is 0.190. The molecule has 0 radical (unpaired) electrons. The second kappa shape index (κ2) is 9.23. The molecule has 0 saturated heterocycles. The summed E-state index contributed by atoms with van der Waals surface area (Å²) in [5.74, 6) is 2.14. The van der Waals surface area contributed by atoms with Crippen LogP contribution in [0, 0.1) is 0 Å². The topological polar surface area (TPSA) is 66.2 Å². The van der Waals surface area contributed by atoms with E-state index in [0.717, 1.165) is 5.56 Å². The van der Waals surface area contributed by atoms with Gasteiger partial charge >= 0.3 is 0 Å². The normalized spacial score (nSPS) is 10.5. The zero-order valence-corrected chi connectivity index (χ0v) is 16.6. The van der Waals surface area contributed by atoms with E-state index in [-0.39, 0.29) is 11.5 Å². The fourth-order valence-electron chi connectivity index (χ4n) is 2.80. The van der Waals surface area contributed by atoms with Gasteiger partial charge in [-0.15, -0.1) is 16.8 Å². The Kier molecular flexibility index (Phi) is 6.49. The standard InChI is InChI=1S/C21H21N3O3S/c1-4-13-24-20(16-10-6-8-12-19(16)27-3)22-23-21(24)28-14-17(25)15-9-5-7-11-18(15)26-2/h4-12H,1,13-14H2,2-3H3. The van der Waals surface area contributed by atoms with Crippen LogP contribution in [-0.2, 0) is 6.54 Å². The van der Waals surface area contributed by atoms with E-state index in [1.807, 2.05) is 41.0 Å². The summed E-state index contributed by atoms with van der Waals surface area (Å²) in [6, 6.07) is 14.8. The minimum atomic E-state index is -0.0329. The van der Waals surface area contributed by atoms with E-state index in [1.165, 1.54) is 11.8 Å². The van der Waals surface area contributed by atoms with E-state index in [2.05, 4.69) is 16.8 Å². The lowest BCUT2D eigenvalue weighted by Crippen LogP contribution is -2.07. The predicted molar refractivity (Wildman–Crippen MR) is 110 cm³/mol. The number of carbonyl (C=O) groups is 1. The number of Topliss-reactive ketones (excluding diaryl/α,β-unsaturated/α-hetero) is 1. The summed E-state index contributed by atoms with van der Waals surface area (Å²) >= 11 is 1.33. The molecule has 0 aliphatic rings. The summed E-state index contributed by atoms with van der Waals surface area (Å²) in [5, 5.41) is 9.25. The van der Waals surface area contributed by atoms with Crippen molar-refractivity contribution in [2.45, 2.75) is 11.7 Å². The first kappa shape index (κ1) is 19.7. The third-order valence-corrected chi connectivity index (χ3v) is 5.08. The summed E-state index contributed by atoms with van der Waals surface area (Å²) in [6.45, 7) is 4.34. The number of rotatable bonds is 9. The molecule has 0 aliphatic heterocycles. The van der Waals surface area contributed by atoms with Gasteiger partial charge in [0, 0.05) is 6.54 Å². The van der Waals surface area contributed by atoms with Gasteiger partial charge in [-0.25, -0.2) is 0 Å². The third-order valence-electron chi connectivity index (χ3n) is 4.12. The maximum absolute atomic E-state index is 12.6. The Labute approximate surface area is 168 Å². The van der Waals surface area contributed by atoms with Crippen LogP contribution in [0.3, 0.4) is 0 Å². The monoisotopic (exact) mass is 395 g/mol. The smallest absolute Gasteiger partial charge is 0.192 e. The highest BCUT2D eigenvalue weighted by Crippen LogP contribution is 2.31. The molecule has 7 heteroatoms. The Morgan fingerprint density at radius 2 is 1.75 bits per heavy atom. The lowest BCUT2D eigenvalue weighted by molar-refractivity contribution is 0.101. The number of benzene rings is 2. The van der Waals surface area contributed by atoms with Crippen LogP contribution >= 0.6 is 11.8 Å². The van der Waals surface area contributed by atoms with Gasteiger partial charge in [0.1, 0.15) is 11.5 Å². The van der Waals surface area contributed by atoms with Crippen molar-refractivity contribution in [3.8, 4) is 22.9 Å². The van der Waals surface area contributed by atoms with Crippen LogP contribution in [0.25, 0.3) is 11.4 Å². The van der Waals surface area contributed by atoms with Gasteiger partial charge in [0.25, 0.3) is 0 Å². The van der Waals surface area contributed by atoms with Crippen molar-refractivity contribution in [2.75, 3.05) is 20.0 Å². The van der Waals surface area contributed by atoms with Crippen molar-refractivity contribution in [3.05, 3.63) is 66.7 Å². The van der Waals surface area contributed by atoms with Crippen LogP contribution in [-0.4, -0.2) is 40.5 Å². The van der Waals surface area contributed by atoms with Crippen LogP contribution in [0.1, 0.15) is 10.4 Å². The number of ether oxygens (including phenoxy) is 2. The molecule has 0 bridgehead atoms. The number of thioether (sulfide) groups is 1. The van der Waals surface area contributed by atoms with Gasteiger partial charge in [-0.05, 0) is 24.3 Å². The Morgan fingerprint density at radius 3 is 2.46 bits per heavy atom. The van der Waals surface area contributed by atoms with E-state index in [4.69, 9.17) is 9.47 Å². The number of allylic oxidation sites excluding steroid dienone is 1. The maximum Gasteiger partial charge on any atom is 0.192 e. The second-order valence-electron chi connectivity index (χ2n) is 5.82. The van der Waals surface area contributed by atoms with Gasteiger partial charge < -0.3 is 9.47 Å². The number of hydrogen-bond acceptors (Lipinski definition) is 6. The molecule has 0 amide bonds. The first-order valence-electron chi connectivity index (χ1n) is 8.66. The predicted octanol–water partition coefficient (Wildman–Crippen LogP) is 4.12. The molecule has 0 N–H and O–H groups in total. The SMILES string of the molecule is C=CCn1c(SCC(=O)c2ccccc2OC)nnc1-c1ccccc1OC. The average molecular weight is 395 g/mol. The summed E-state index contributed by atoms with van der Waals surface area (Å²) in [5.41, 5.74) is 1.39. The molecule has 3 rings (SSSR count). The number of hydrogen-bond donors (Lipinski definition) is 0. The van der Waals surface area contributed by atoms with Gasteiger partial charge in [0.05, 0.1) is 31.1 Å². The molecule has 0 spiro atoms. The second-order valence-corrected chi connectivity index (χ2v) is 6.76. The van der Waals surface area contributed by atoms with Crippen molar-refractivity contribution in [1.29, 1.82) is 0 Å². The van der Waals surface area contributed by atoms with E-state index in [0.29, 0.717) is 34.6 Å². The quantitative estimate of drug-likeness (QED) is 0.308. The zero-order valence-electron chi connectivity index (χ0n) is 15.8. The van der Waals surface area contributed by atoms with E-state index >= 15 is 0 Å². The molecule has 2 aromatic carbocycles. The third kappa shape index (κ3) is 4.09. The number of ketones is 1. The lowest BCUT2D eigenvalue weighted by atomic mass is 10.1. The molecule has 1 aromatic heterocycles. The lowest BCUT2D eigenvalue weighted by Gasteiger charge is -2.11. The van der Waals surface area contributed by atoms with E-state index in [9.17, 15) is 4.79 Å². The Morgan fingerprint density at radius 1 is 1.07 bits per heavy atom. The Bertz CT molecular complexity index is 985. The molecule has 0 saturated carbocycles. The summed E-state index contributed by atoms with van der Waals surface area (Å²) in [7, 11) is 3.17. The van der Waals surface area contributed by atoms with Crippen LogP contribution in [0.4, 0.5) is 0 Å². The van der Waals surface area contributed by atoms with Gasteiger partial charge in [-0.3, -0.25) is 9.36 Å². The van der Waals surface area contributed by atoms with Crippen molar-refractivity contribution in [1.82, 2.24) is 14.8 Å². The Hall–Kier alpha value is -3.06. The first-order valence-corrected chi connectivity index (χ1v) is 9.64. The maximum atomic E-state index is 12.6. The van der Waals surface area contributed by atoms with Crippen molar-refractivity contribution >= 4 is 17.5 Å². The molecule has 0 unspecified atom stereocenters. The molecule has 6 nitrogen and oxygen atoms in total. The molecule has 0 atom stereocenters. The van der Waals surface area contributed by atoms with Crippen LogP contribution in [0.15, 0.2) is 66.3 Å². The average Bonchev–Trinajstić information content (AvgIpc) is 3.14. The minimum Gasteiger partial charge on any atom is -0.496 e. The molecule has 1 heterocycles. The Balaban J connectivity index is 1.86. The largest absolute Gasteiger partial charge is 0.496 e. The molecule has 0 aliphatic carbocycles. The highest BCUT2D eigenvalue weighted by Gasteiger charge is 2.19. The van der Waals surface area contributed by atoms with E-state index in [1.54, 1.807) is 32.4 Å². The number of carbonyl (C=O) groups excluding carboxylic acids is 1. The molecule has 3 aromatic rings. The van der Waals surface area contributed by atoms with Gasteiger partial charge in [-0.1, -0.05) is 42.1 Å². The minimum absolute atomic E-state index is 0.0329. The molecule has 28 heavy (non-hydrogen) atoms. The van der Waals surface area contributed by atoms with Crippen molar-refractivity contribution in [3.63, 3.8) is 0 Å². The van der Waals surface area contributed by atoms with Crippen LogP contribution in [0.2, 0.25) is 0 Å². The number of para-hydroxylation sites is 2. The van der Waals surface area contributed by atoms with Crippen molar-refractivity contribution < 1.29 is 14.3 Å². The fourth-order valence-corrected chi connectivity index (χ4v) is 3.63. The summed E-state index contributed by atoms with van der Waals surface area (Å²) in [4.78, 5) is 12.6. The molecule has 0 fully saturated rings. The molecule has 144 valence electrons. The zero-order chi connectivity index (χ0) is 19.9. The number of aromatic nitrogens is 3.